The molecule has 0 aliphatic carbocycles. The van der Waals surface area contributed by atoms with Crippen molar-refractivity contribution in [3.05, 3.63) is 23.3 Å². The molecule has 1 atom stereocenters. The Morgan fingerprint density at radius 3 is 2.25 bits per heavy atom. The lowest BCUT2D eigenvalue weighted by Gasteiger charge is -2.20. The summed E-state index contributed by atoms with van der Waals surface area (Å²) in [5.74, 6) is 0.611. The van der Waals surface area contributed by atoms with Gasteiger partial charge in [-0.05, 0) is 30.4 Å². The molecule has 0 saturated carbocycles. The van der Waals surface area contributed by atoms with Gasteiger partial charge in [-0.3, -0.25) is 0 Å². The van der Waals surface area contributed by atoms with E-state index >= 15 is 0 Å². The Labute approximate surface area is 99.5 Å². The molecule has 0 fully saturated rings. The van der Waals surface area contributed by atoms with Crippen LogP contribution in [-0.2, 0) is 0 Å². The zero-order chi connectivity index (χ0) is 12.1. The van der Waals surface area contributed by atoms with E-state index < -0.39 is 0 Å². The first-order valence-corrected chi connectivity index (χ1v) is 6.14. The molecular formula is C14H24N2. The summed E-state index contributed by atoms with van der Waals surface area (Å²) < 4.78 is 0. The van der Waals surface area contributed by atoms with Crippen LogP contribution in [0.25, 0.3) is 0 Å². The third-order valence-corrected chi connectivity index (χ3v) is 3.20. The minimum absolute atomic E-state index is 0.611. The van der Waals surface area contributed by atoms with Gasteiger partial charge in [0.1, 0.15) is 0 Å². The number of hydrogen-bond donors (Lipinski definition) is 2. The number of aryl methyl sites for hydroxylation is 1. The summed E-state index contributed by atoms with van der Waals surface area (Å²) in [6.45, 7) is 6.68. The first-order valence-electron chi connectivity index (χ1n) is 6.14. The molecule has 2 N–H and O–H groups in total. The van der Waals surface area contributed by atoms with Crippen molar-refractivity contribution < 1.29 is 0 Å². The third kappa shape index (κ3) is 2.49. The second-order valence-corrected chi connectivity index (χ2v) is 4.41. The second-order valence-electron chi connectivity index (χ2n) is 4.41. The Hall–Kier alpha value is -1.18. The van der Waals surface area contributed by atoms with Gasteiger partial charge in [0, 0.05) is 14.1 Å². The van der Waals surface area contributed by atoms with Crippen molar-refractivity contribution in [2.24, 2.45) is 0 Å². The highest BCUT2D eigenvalue weighted by molar-refractivity contribution is 5.76. The third-order valence-electron chi connectivity index (χ3n) is 3.20. The van der Waals surface area contributed by atoms with Crippen LogP contribution in [-0.4, -0.2) is 14.1 Å². The number of anilines is 2. The molecule has 2 heteroatoms. The van der Waals surface area contributed by atoms with Crippen LogP contribution < -0.4 is 10.6 Å². The van der Waals surface area contributed by atoms with E-state index in [0.717, 1.165) is 0 Å². The van der Waals surface area contributed by atoms with Gasteiger partial charge in [0.25, 0.3) is 0 Å². The first kappa shape index (κ1) is 12.9. The van der Waals surface area contributed by atoms with Crippen molar-refractivity contribution in [2.75, 3.05) is 24.7 Å². The molecule has 0 spiro atoms. The van der Waals surface area contributed by atoms with Gasteiger partial charge in [-0.15, -0.1) is 0 Å². The molecule has 0 aromatic heterocycles. The molecule has 1 unspecified atom stereocenters. The molecule has 1 rings (SSSR count). The van der Waals surface area contributed by atoms with Crippen LogP contribution >= 0.6 is 0 Å². The van der Waals surface area contributed by atoms with Crippen LogP contribution in [0.2, 0.25) is 0 Å². The monoisotopic (exact) mass is 220 g/mol. The van der Waals surface area contributed by atoms with Crippen LogP contribution in [0, 0.1) is 6.92 Å². The summed E-state index contributed by atoms with van der Waals surface area (Å²) in [7, 11) is 3.98. The second kappa shape index (κ2) is 5.78. The van der Waals surface area contributed by atoms with Crippen LogP contribution in [0.5, 0.6) is 0 Å². The van der Waals surface area contributed by atoms with Crippen molar-refractivity contribution in [2.45, 2.75) is 39.5 Å². The SMILES string of the molecule is CCCC(C)c1ccc(C)c(NC)c1NC. The summed E-state index contributed by atoms with van der Waals surface area (Å²) in [4.78, 5) is 0. The van der Waals surface area contributed by atoms with E-state index in [-0.39, 0.29) is 0 Å². The van der Waals surface area contributed by atoms with Gasteiger partial charge < -0.3 is 10.6 Å². The quantitative estimate of drug-likeness (QED) is 0.784. The van der Waals surface area contributed by atoms with E-state index in [0.29, 0.717) is 5.92 Å². The van der Waals surface area contributed by atoms with Crippen LogP contribution in [0.1, 0.15) is 43.7 Å². The molecule has 0 saturated heterocycles. The van der Waals surface area contributed by atoms with Crippen molar-refractivity contribution in [1.29, 1.82) is 0 Å². The maximum Gasteiger partial charge on any atom is 0.0611 e. The van der Waals surface area contributed by atoms with Gasteiger partial charge in [-0.25, -0.2) is 0 Å². The van der Waals surface area contributed by atoms with Crippen LogP contribution in [0.15, 0.2) is 12.1 Å². The maximum atomic E-state index is 3.33. The van der Waals surface area contributed by atoms with E-state index in [4.69, 9.17) is 0 Å². The van der Waals surface area contributed by atoms with E-state index in [9.17, 15) is 0 Å². The minimum Gasteiger partial charge on any atom is -0.386 e. The van der Waals surface area contributed by atoms with Gasteiger partial charge in [0.15, 0.2) is 0 Å². The Bertz CT molecular complexity index is 345. The summed E-state index contributed by atoms with van der Waals surface area (Å²) in [6, 6.07) is 4.45. The standard InChI is InChI=1S/C14H24N2/c1-6-7-10(2)12-9-8-11(3)13(15-4)14(12)16-5/h8-10,15-16H,6-7H2,1-5H3. The summed E-state index contributed by atoms with van der Waals surface area (Å²) in [5.41, 5.74) is 5.19. The van der Waals surface area contributed by atoms with E-state index in [1.807, 2.05) is 14.1 Å². The first-order chi connectivity index (χ1) is 7.65. The molecule has 0 aliphatic rings. The maximum absolute atomic E-state index is 3.33. The van der Waals surface area contributed by atoms with E-state index in [1.165, 1.54) is 35.3 Å². The number of nitrogens with one attached hydrogen (secondary N) is 2. The van der Waals surface area contributed by atoms with Crippen LogP contribution in [0.3, 0.4) is 0 Å². The van der Waals surface area contributed by atoms with Gasteiger partial charge in [0.05, 0.1) is 11.4 Å². The molecule has 0 amide bonds. The molecule has 0 heterocycles. The van der Waals surface area contributed by atoms with Crippen LogP contribution in [0.4, 0.5) is 11.4 Å². The Balaban J connectivity index is 3.18. The topological polar surface area (TPSA) is 24.1 Å². The fourth-order valence-corrected chi connectivity index (χ4v) is 2.31. The highest BCUT2D eigenvalue weighted by atomic mass is 14.9. The van der Waals surface area contributed by atoms with Gasteiger partial charge in [-0.2, -0.15) is 0 Å². The van der Waals surface area contributed by atoms with Crippen molar-refractivity contribution >= 4 is 11.4 Å². The summed E-state index contributed by atoms with van der Waals surface area (Å²) in [6.07, 6.45) is 2.47. The molecule has 1 aromatic carbocycles. The van der Waals surface area contributed by atoms with Gasteiger partial charge in [0.2, 0.25) is 0 Å². The molecule has 0 radical (unpaired) electrons. The molecule has 0 bridgehead atoms. The largest absolute Gasteiger partial charge is 0.386 e. The van der Waals surface area contributed by atoms with Crippen molar-refractivity contribution in [3.63, 3.8) is 0 Å². The zero-order valence-corrected chi connectivity index (χ0v) is 11.1. The van der Waals surface area contributed by atoms with Gasteiger partial charge >= 0.3 is 0 Å². The predicted molar refractivity (Wildman–Crippen MR) is 73.6 cm³/mol. The lowest BCUT2D eigenvalue weighted by atomic mass is 9.93. The Morgan fingerprint density at radius 1 is 1.12 bits per heavy atom. The van der Waals surface area contributed by atoms with Crippen molar-refractivity contribution in [1.82, 2.24) is 0 Å². The molecule has 90 valence electrons. The number of hydrogen-bond acceptors (Lipinski definition) is 2. The minimum atomic E-state index is 0.611. The predicted octanol–water partition coefficient (Wildman–Crippen LogP) is 3.98. The average Bonchev–Trinajstić information content (AvgIpc) is 2.28. The van der Waals surface area contributed by atoms with E-state index in [1.54, 1.807) is 0 Å². The Morgan fingerprint density at radius 2 is 1.75 bits per heavy atom. The number of benzene rings is 1. The molecule has 16 heavy (non-hydrogen) atoms. The summed E-state index contributed by atoms with van der Waals surface area (Å²) >= 11 is 0. The molecular weight excluding hydrogens is 196 g/mol. The Kier molecular flexibility index (Phi) is 4.66. The lowest BCUT2D eigenvalue weighted by Crippen LogP contribution is -2.05. The molecule has 2 nitrogen and oxygen atoms in total. The average molecular weight is 220 g/mol. The normalized spacial score (nSPS) is 12.3. The fraction of sp³-hybridized carbons (Fsp3) is 0.571. The highest BCUT2D eigenvalue weighted by Crippen LogP contribution is 2.35. The number of rotatable bonds is 5. The smallest absolute Gasteiger partial charge is 0.0611 e. The molecule has 0 aliphatic heterocycles. The van der Waals surface area contributed by atoms with E-state index in [2.05, 4.69) is 43.5 Å². The lowest BCUT2D eigenvalue weighted by molar-refractivity contribution is 0.666. The van der Waals surface area contributed by atoms with Gasteiger partial charge in [-0.1, -0.05) is 32.4 Å². The zero-order valence-electron chi connectivity index (χ0n) is 11.1. The van der Waals surface area contributed by atoms with Crippen molar-refractivity contribution in [3.8, 4) is 0 Å². The molecule has 1 aromatic rings. The summed E-state index contributed by atoms with van der Waals surface area (Å²) in [5, 5.41) is 6.62. The highest BCUT2D eigenvalue weighted by Gasteiger charge is 2.13. The fourth-order valence-electron chi connectivity index (χ4n) is 2.31.